The second kappa shape index (κ2) is 13.4. The molecule has 0 aromatic heterocycles. The van der Waals surface area contributed by atoms with Gasteiger partial charge in [-0.25, -0.2) is 4.99 Å². The van der Waals surface area contributed by atoms with Gasteiger partial charge in [0.2, 0.25) is 0 Å². The van der Waals surface area contributed by atoms with Crippen molar-refractivity contribution in [1.29, 1.82) is 0 Å². The van der Waals surface area contributed by atoms with Crippen molar-refractivity contribution in [3.05, 3.63) is 59.7 Å². The van der Waals surface area contributed by atoms with Gasteiger partial charge in [-0.15, -0.1) is 24.0 Å². The molecule has 0 aliphatic heterocycles. The fraction of sp³-hybridized carbons (Fsp3) is 0.435. The summed E-state index contributed by atoms with van der Waals surface area (Å²) in [7, 11) is 0. The lowest BCUT2D eigenvalue weighted by molar-refractivity contribution is -0.0498. The van der Waals surface area contributed by atoms with E-state index < -0.39 is 12.7 Å². The van der Waals surface area contributed by atoms with Gasteiger partial charge in [-0.05, 0) is 49.9 Å². The highest BCUT2D eigenvalue weighted by Gasteiger charge is 2.20. The number of aliphatic hydroxyl groups is 1. The highest BCUT2D eigenvalue weighted by atomic mass is 127. The number of rotatable bonds is 10. The predicted molar refractivity (Wildman–Crippen MR) is 131 cm³/mol. The van der Waals surface area contributed by atoms with Crippen LogP contribution in [0.25, 0.3) is 0 Å². The zero-order chi connectivity index (χ0) is 22.1. The Balaban J connectivity index is 0.00000363. The van der Waals surface area contributed by atoms with Gasteiger partial charge in [-0.2, -0.15) is 8.78 Å². The molecule has 2 aromatic carbocycles. The number of benzene rings is 2. The molecule has 1 aliphatic rings. The van der Waals surface area contributed by atoms with Crippen molar-refractivity contribution in [2.24, 2.45) is 4.99 Å². The van der Waals surface area contributed by atoms with Crippen molar-refractivity contribution in [2.45, 2.75) is 51.6 Å². The normalized spacial score (nSPS) is 14.8. The van der Waals surface area contributed by atoms with Crippen LogP contribution in [0.5, 0.6) is 11.5 Å². The van der Waals surface area contributed by atoms with E-state index in [4.69, 9.17) is 4.74 Å². The molecule has 2 aromatic rings. The van der Waals surface area contributed by atoms with Gasteiger partial charge in [0.05, 0.1) is 18.8 Å². The van der Waals surface area contributed by atoms with Crippen molar-refractivity contribution in [2.75, 3.05) is 13.1 Å². The lowest BCUT2D eigenvalue weighted by atomic mass is 9.96. The maximum absolute atomic E-state index is 12.3. The van der Waals surface area contributed by atoms with Crippen LogP contribution in [0, 0.1) is 0 Å². The van der Waals surface area contributed by atoms with Gasteiger partial charge in [-0.3, -0.25) is 0 Å². The molecule has 176 valence electrons. The van der Waals surface area contributed by atoms with Gasteiger partial charge in [0.25, 0.3) is 0 Å². The molecule has 0 spiro atoms. The van der Waals surface area contributed by atoms with E-state index in [0.29, 0.717) is 30.7 Å². The molecule has 0 heterocycles. The molecule has 1 saturated carbocycles. The Morgan fingerprint density at radius 3 is 2.47 bits per heavy atom. The van der Waals surface area contributed by atoms with E-state index in [-0.39, 0.29) is 36.3 Å². The molecule has 6 nitrogen and oxygen atoms in total. The first kappa shape index (κ1) is 26.1. The van der Waals surface area contributed by atoms with Gasteiger partial charge in [0, 0.05) is 18.7 Å². The van der Waals surface area contributed by atoms with Crippen LogP contribution in [0.2, 0.25) is 0 Å². The molecule has 0 saturated heterocycles. The summed E-state index contributed by atoms with van der Waals surface area (Å²) in [5.41, 5.74) is 1.59. The van der Waals surface area contributed by atoms with E-state index in [9.17, 15) is 13.9 Å². The van der Waals surface area contributed by atoms with Gasteiger partial charge in [0.1, 0.15) is 11.5 Å². The van der Waals surface area contributed by atoms with Crippen molar-refractivity contribution in [3.63, 3.8) is 0 Å². The molecule has 1 aliphatic carbocycles. The fourth-order valence-corrected chi connectivity index (χ4v) is 3.11. The third-order valence-corrected chi connectivity index (χ3v) is 5.02. The topological polar surface area (TPSA) is 75.1 Å². The van der Waals surface area contributed by atoms with E-state index in [1.165, 1.54) is 18.6 Å². The number of nitrogens with one attached hydrogen (secondary N) is 2. The lowest BCUT2D eigenvalue weighted by Crippen LogP contribution is -2.39. The summed E-state index contributed by atoms with van der Waals surface area (Å²) in [5, 5.41) is 16.7. The van der Waals surface area contributed by atoms with E-state index >= 15 is 0 Å². The number of para-hydroxylation sites is 1. The Bertz CT molecular complexity index is 849. The van der Waals surface area contributed by atoms with Crippen LogP contribution in [0.15, 0.2) is 53.5 Å². The summed E-state index contributed by atoms with van der Waals surface area (Å²) in [6.45, 7) is 0.403. The van der Waals surface area contributed by atoms with Crippen molar-refractivity contribution in [3.8, 4) is 11.5 Å². The van der Waals surface area contributed by atoms with Gasteiger partial charge in [-0.1, -0.05) is 30.3 Å². The van der Waals surface area contributed by atoms with E-state index in [1.54, 1.807) is 12.1 Å². The smallest absolute Gasteiger partial charge is 0.387 e. The maximum Gasteiger partial charge on any atom is 0.387 e. The standard InChI is InChI=1S/C23H29F2N3O3.HI/c1-2-26-23(27-14-17-6-3-4-9-21(17)30-18-7-5-8-18)28-15-20(29)16-10-12-19(13-11-16)31-22(24)25;/h3-4,6,9-13,18,20,22,29H,2,5,7-8,14-15H2,1H3,(H2,26,27,28);1H. The largest absolute Gasteiger partial charge is 0.490 e. The molecular formula is C23H30F2IN3O3. The lowest BCUT2D eigenvalue weighted by Gasteiger charge is -2.27. The Morgan fingerprint density at radius 2 is 1.84 bits per heavy atom. The quantitative estimate of drug-likeness (QED) is 0.224. The monoisotopic (exact) mass is 561 g/mol. The molecule has 3 rings (SSSR count). The summed E-state index contributed by atoms with van der Waals surface area (Å²) >= 11 is 0. The molecule has 1 unspecified atom stereocenters. The van der Waals surface area contributed by atoms with E-state index in [0.717, 1.165) is 24.2 Å². The van der Waals surface area contributed by atoms with Crippen molar-refractivity contribution < 1.29 is 23.4 Å². The number of nitrogens with zero attached hydrogens (tertiary/aromatic N) is 1. The zero-order valence-corrected chi connectivity index (χ0v) is 20.3. The first-order chi connectivity index (χ1) is 15.0. The zero-order valence-electron chi connectivity index (χ0n) is 18.0. The summed E-state index contributed by atoms with van der Waals surface area (Å²) < 4.78 is 34.9. The maximum atomic E-state index is 12.3. The van der Waals surface area contributed by atoms with Crippen LogP contribution in [0.1, 0.15) is 43.4 Å². The first-order valence-corrected chi connectivity index (χ1v) is 10.5. The molecule has 0 amide bonds. The minimum absolute atomic E-state index is 0. The highest BCUT2D eigenvalue weighted by molar-refractivity contribution is 14.0. The van der Waals surface area contributed by atoms with Gasteiger partial charge in [0.15, 0.2) is 5.96 Å². The number of alkyl halides is 2. The summed E-state index contributed by atoms with van der Waals surface area (Å²) in [6.07, 6.45) is 2.86. The Hall–Kier alpha value is -2.14. The Kier molecular flexibility index (Phi) is 10.9. The SMILES string of the molecule is CCNC(=NCc1ccccc1OC1CCC1)NCC(O)c1ccc(OC(F)F)cc1.I. The molecule has 3 N–H and O–H groups in total. The summed E-state index contributed by atoms with van der Waals surface area (Å²) in [6, 6.07) is 13.8. The van der Waals surface area contributed by atoms with Crippen LogP contribution in [-0.2, 0) is 6.54 Å². The minimum Gasteiger partial charge on any atom is -0.490 e. The summed E-state index contributed by atoms with van der Waals surface area (Å²) in [5.74, 6) is 1.48. The van der Waals surface area contributed by atoms with Crippen LogP contribution >= 0.6 is 24.0 Å². The summed E-state index contributed by atoms with van der Waals surface area (Å²) in [4.78, 5) is 4.61. The van der Waals surface area contributed by atoms with Crippen molar-refractivity contribution in [1.82, 2.24) is 10.6 Å². The molecule has 1 atom stereocenters. The number of ether oxygens (including phenoxy) is 2. The first-order valence-electron chi connectivity index (χ1n) is 10.5. The fourth-order valence-electron chi connectivity index (χ4n) is 3.11. The molecule has 0 bridgehead atoms. The minimum atomic E-state index is -2.87. The number of hydrogen-bond acceptors (Lipinski definition) is 4. The molecule has 0 radical (unpaired) electrons. The van der Waals surface area contributed by atoms with Crippen LogP contribution in [0.3, 0.4) is 0 Å². The molecule has 1 fully saturated rings. The predicted octanol–water partition coefficient (Wildman–Crippen LogP) is 4.63. The third kappa shape index (κ3) is 8.09. The number of aliphatic hydroxyl groups excluding tert-OH is 1. The van der Waals surface area contributed by atoms with Gasteiger partial charge < -0.3 is 25.2 Å². The molecular weight excluding hydrogens is 531 g/mol. The number of aliphatic imine (C=N–C) groups is 1. The molecule has 32 heavy (non-hydrogen) atoms. The van der Waals surface area contributed by atoms with Crippen LogP contribution < -0.4 is 20.1 Å². The van der Waals surface area contributed by atoms with Gasteiger partial charge >= 0.3 is 6.61 Å². The average molecular weight is 561 g/mol. The number of hydrogen-bond donors (Lipinski definition) is 3. The Morgan fingerprint density at radius 1 is 1.12 bits per heavy atom. The molecule has 9 heteroatoms. The van der Waals surface area contributed by atoms with E-state index in [1.807, 2.05) is 31.2 Å². The Labute approximate surface area is 204 Å². The second-order valence-corrected chi connectivity index (χ2v) is 7.32. The van der Waals surface area contributed by atoms with Crippen LogP contribution in [-0.4, -0.2) is 36.9 Å². The van der Waals surface area contributed by atoms with Crippen molar-refractivity contribution >= 4 is 29.9 Å². The number of guanidine groups is 1. The van der Waals surface area contributed by atoms with E-state index in [2.05, 4.69) is 20.4 Å². The third-order valence-electron chi connectivity index (χ3n) is 5.02. The number of halogens is 3. The second-order valence-electron chi connectivity index (χ2n) is 7.32. The van der Waals surface area contributed by atoms with Crippen LogP contribution in [0.4, 0.5) is 8.78 Å². The highest BCUT2D eigenvalue weighted by Crippen LogP contribution is 2.28. The average Bonchev–Trinajstić information content (AvgIpc) is 2.73.